The molecule has 0 saturated heterocycles. The predicted octanol–water partition coefficient (Wildman–Crippen LogP) is 3.49. The molecule has 0 bridgehead atoms. The van der Waals surface area contributed by atoms with Gasteiger partial charge in [-0.25, -0.2) is 9.78 Å². The number of fused-ring (bicyclic) bond motifs is 2. The molecule has 146 valence electrons. The van der Waals surface area contributed by atoms with Gasteiger partial charge in [-0.15, -0.1) is 11.3 Å². The third-order valence-electron chi connectivity index (χ3n) is 4.85. The number of nitrogens with zero attached hydrogens (tertiary/aromatic N) is 1. The lowest BCUT2D eigenvalue weighted by Gasteiger charge is -2.14. The molecule has 0 unspecified atom stereocenters. The minimum Gasteiger partial charge on any atom is -0.383 e. The van der Waals surface area contributed by atoms with Crippen molar-refractivity contribution in [3.8, 4) is 0 Å². The number of rotatable bonds is 3. The highest BCUT2D eigenvalue weighted by Crippen LogP contribution is 2.38. The Hall–Kier alpha value is -1.61. The number of benzene rings is 1. The van der Waals surface area contributed by atoms with E-state index >= 15 is 0 Å². The molecule has 1 heterocycles. The number of aliphatic hydroxyl groups is 1. The number of hydrogen-bond donors (Lipinski definition) is 4. The summed E-state index contributed by atoms with van der Waals surface area (Å²) >= 11 is 2.51. The smallest absolute Gasteiger partial charge is 0.316 e. The minimum absolute atomic E-state index is 0.436. The summed E-state index contributed by atoms with van der Waals surface area (Å²) in [7, 11) is 0. The first kappa shape index (κ1) is 20.1. The fourth-order valence-corrected chi connectivity index (χ4v) is 4.96. The van der Waals surface area contributed by atoms with Crippen molar-refractivity contribution in [1.29, 1.82) is 0 Å². The standard InChI is InChI=1S/C13H16N2O.C6H10N2OS2/c14-13(16)15-12-10-5-1-3-8(10)7-9-4-2-6-11(9)12;1-6(2,9)5-8-4(11-7)3-10-5/h7H,1-6H2,(H3,14,15,16);3,9H,7H2,1-2H3. The number of urea groups is 1. The van der Waals surface area contributed by atoms with E-state index < -0.39 is 11.6 Å². The van der Waals surface area contributed by atoms with Crippen LogP contribution in [0.4, 0.5) is 10.5 Å². The Labute approximate surface area is 167 Å². The van der Waals surface area contributed by atoms with Crippen LogP contribution in [0, 0.1) is 0 Å². The normalized spacial score (nSPS) is 15.0. The molecule has 0 aliphatic heterocycles. The molecule has 0 fully saturated rings. The fourth-order valence-electron chi connectivity index (χ4n) is 3.68. The molecule has 2 aliphatic rings. The number of carbonyl (C=O) groups excluding carboxylic acids is 1. The number of nitrogens with one attached hydrogen (secondary N) is 1. The van der Waals surface area contributed by atoms with Crippen LogP contribution in [0.2, 0.25) is 0 Å². The van der Waals surface area contributed by atoms with Crippen LogP contribution in [0.3, 0.4) is 0 Å². The molecule has 1 aromatic carbocycles. The maximum atomic E-state index is 11.1. The second-order valence-corrected chi connectivity index (χ2v) is 8.90. The average molecular weight is 407 g/mol. The molecule has 0 atom stereocenters. The van der Waals surface area contributed by atoms with E-state index in [2.05, 4.69) is 16.4 Å². The van der Waals surface area contributed by atoms with Crippen molar-refractivity contribution >= 4 is 35.0 Å². The summed E-state index contributed by atoms with van der Waals surface area (Å²) in [6.07, 6.45) is 6.86. The van der Waals surface area contributed by atoms with Crippen molar-refractivity contribution in [2.45, 2.75) is 63.0 Å². The summed E-state index contributed by atoms with van der Waals surface area (Å²) in [5, 5.41) is 20.9. The second-order valence-electron chi connectivity index (χ2n) is 7.39. The molecule has 2 amide bonds. The maximum absolute atomic E-state index is 11.1. The van der Waals surface area contributed by atoms with Crippen LogP contribution in [-0.2, 0) is 31.3 Å². The first-order valence-corrected chi connectivity index (χ1v) is 10.8. The third kappa shape index (κ3) is 4.63. The van der Waals surface area contributed by atoms with Crippen molar-refractivity contribution in [1.82, 2.24) is 4.98 Å². The second kappa shape index (κ2) is 8.18. The highest BCUT2D eigenvalue weighted by atomic mass is 32.2. The van der Waals surface area contributed by atoms with Crippen LogP contribution >= 0.6 is 23.3 Å². The molecule has 6 nitrogen and oxygen atoms in total. The summed E-state index contributed by atoms with van der Waals surface area (Å²) < 4.78 is 0. The van der Waals surface area contributed by atoms with Gasteiger partial charge in [-0.3, -0.25) is 5.14 Å². The van der Waals surface area contributed by atoms with Crippen LogP contribution < -0.4 is 16.2 Å². The van der Waals surface area contributed by atoms with E-state index in [-0.39, 0.29) is 0 Å². The number of primary amides is 1. The predicted molar refractivity (Wildman–Crippen MR) is 111 cm³/mol. The number of thiazole rings is 1. The Balaban J connectivity index is 0.000000168. The van der Waals surface area contributed by atoms with Crippen molar-refractivity contribution in [3.63, 3.8) is 0 Å². The van der Waals surface area contributed by atoms with Gasteiger partial charge in [-0.2, -0.15) is 0 Å². The van der Waals surface area contributed by atoms with Gasteiger partial charge < -0.3 is 16.2 Å². The lowest BCUT2D eigenvalue weighted by Crippen LogP contribution is -2.21. The minimum atomic E-state index is -0.849. The summed E-state index contributed by atoms with van der Waals surface area (Å²) in [6.45, 7) is 3.41. The van der Waals surface area contributed by atoms with Crippen LogP contribution in [0.15, 0.2) is 16.5 Å². The Morgan fingerprint density at radius 3 is 2.22 bits per heavy atom. The van der Waals surface area contributed by atoms with Gasteiger partial charge in [-0.1, -0.05) is 6.07 Å². The SMILES string of the molecule is CC(C)(O)c1nc(SN)cs1.NC(=O)Nc1c2c(cc3c1CCC3)CCC2. The number of amides is 2. The van der Waals surface area contributed by atoms with Gasteiger partial charge in [0, 0.05) is 11.1 Å². The zero-order valence-corrected chi connectivity index (χ0v) is 17.3. The van der Waals surface area contributed by atoms with E-state index in [0.29, 0.717) is 5.01 Å². The molecule has 0 spiro atoms. The molecule has 2 aliphatic carbocycles. The van der Waals surface area contributed by atoms with Crippen molar-refractivity contribution in [3.05, 3.63) is 38.7 Å². The lowest BCUT2D eigenvalue weighted by molar-refractivity contribution is 0.0778. The van der Waals surface area contributed by atoms with Crippen LogP contribution in [-0.4, -0.2) is 16.1 Å². The average Bonchev–Trinajstić information content (AvgIpc) is 3.33. The summed E-state index contributed by atoms with van der Waals surface area (Å²) in [5.41, 5.74) is 11.0. The monoisotopic (exact) mass is 406 g/mol. The number of aryl methyl sites for hydroxylation is 2. The van der Waals surface area contributed by atoms with Crippen LogP contribution in [0.5, 0.6) is 0 Å². The van der Waals surface area contributed by atoms with Crippen molar-refractivity contribution in [2.75, 3.05) is 5.32 Å². The van der Waals surface area contributed by atoms with E-state index in [1.807, 2.05) is 5.38 Å². The Morgan fingerprint density at radius 1 is 1.22 bits per heavy atom. The van der Waals surface area contributed by atoms with Gasteiger partial charge in [0.1, 0.15) is 15.6 Å². The van der Waals surface area contributed by atoms with Gasteiger partial charge in [0.15, 0.2) is 0 Å². The summed E-state index contributed by atoms with van der Waals surface area (Å²) in [5.74, 6) is 0. The highest BCUT2D eigenvalue weighted by Gasteiger charge is 2.24. The van der Waals surface area contributed by atoms with E-state index in [4.69, 9.17) is 10.9 Å². The third-order valence-corrected chi connectivity index (χ3v) is 6.60. The Bertz CT molecular complexity index is 811. The molecule has 8 heteroatoms. The maximum Gasteiger partial charge on any atom is 0.316 e. The summed E-state index contributed by atoms with van der Waals surface area (Å²) in [4.78, 5) is 15.2. The van der Waals surface area contributed by atoms with Crippen LogP contribution in [0.1, 0.15) is 54.0 Å². The van der Waals surface area contributed by atoms with Gasteiger partial charge in [0.25, 0.3) is 0 Å². The molecular formula is C19H26N4O2S2. The zero-order valence-electron chi connectivity index (χ0n) is 15.7. The van der Waals surface area contributed by atoms with Gasteiger partial charge >= 0.3 is 6.03 Å². The van der Waals surface area contributed by atoms with Gasteiger partial charge in [-0.05, 0) is 86.6 Å². The molecule has 0 radical (unpaired) electrons. The van der Waals surface area contributed by atoms with E-state index in [1.165, 1.54) is 46.4 Å². The molecule has 2 aromatic rings. The van der Waals surface area contributed by atoms with Gasteiger partial charge in [0.05, 0.1) is 0 Å². The van der Waals surface area contributed by atoms with Crippen molar-refractivity contribution in [2.24, 2.45) is 10.9 Å². The first-order chi connectivity index (χ1) is 12.8. The van der Waals surface area contributed by atoms with E-state index in [1.54, 1.807) is 13.8 Å². The molecule has 27 heavy (non-hydrogen) atoms. The van der Waals surface area contributed by atoms with Crippen LogP contribution in [0.25, 0.3) is 0 Å². The van der Waals surface area contributed by atoms with Gasteiger partial charge in [0.2, 0.25) is 0 Å². The molecule has 0 saturated carbocycles. The quantitative estimate of drug-likeness (QED) is 0.583. The number of aromatic nitrogens is 1. The Morgan fingerprint density at radius 2 is 1.81 bits per heavy atom. The van der Waals surface area contributed by atoms with E-state index in [0.717, 1.165) is 48.3 Å². The lowest BCUT2D eigenvalue weighted by atomic mass is 9.99. The largest absolute Gasteiger partial charge is 0.383 e. The first-order valence-electron chi connectivity index (χ1n) is 9.07. The van der Waals surface area contributed by atoms with Crippen molar-refractivity contribution < 1.29 is 9.90 Å². The topological polar surface area (TPSA) is 114 Å². The number of nitrogens with two attached hydrogens (primary N) is 2. The summed E-state index contributed by atoms with van der Waals surface area (Å²) in [6, 6.07) is 1.91. The van der Waals surface area contributed by atoms with E-state index in [9.17, 15) is 9.90 Å². The zero-order chi connectivity index (χ0) is 19.6. The number of hydrogen-bond acceptors (Lipinski definition) is 6. The number of anilines is 1. The Kier molecular flexibility index (Phi) is 6.10. The molecular weight excluding hydrogens is 380 g/mol. The molecule has 4 rings (SSSR count). The number of carbonyl (C=O) groups is 1. The fraction of sp³-hybridized carbons (Fsp3) is 0.474. The molecule has 1 aromatic heterocycles. The molecule has 6 N–H and O–H groups in total. The highest BCUT2D eigenvalue weighted by molar-refractivity contribution is 7.97.